The number of rotatable bonds is 16. The van der Waals surface area contributed by atoms with Crippen molar-refractivity contribution in [3.63, 3.8) is 0 Å². The van der Waals surface area contributed by atoms with E-state index >= 15 is 4.57 Å². The number of benzene rings is 6. The average molecular weight is 1060 g/mol. The van der Waals surface area contributed by atoms with E-state index in [2.05, 4.69) is 239 Å². The van der Waals surface area contributed by atoms with E-state index in [0.717, 1.165) is 22.3 Å². The first kappa shape index (κ1) is 59.1. The maximum absolute atomic E-state index is 16.0. The molecule has 75 heavy (non-hydrogen) atoms. The van der Waals surface area contributed by atoms with Crippen molar-refractivity contribution < 1.29 is 9.46 Å². The van der Waals surface area contributed by atoms with Crippen molar-refractivity contribution in [3.8, 4) is 33.4 Å². The second-order valence-electron chi connectivity index (χ2n) is 27.5. The van der Waals surface area contributed by atoms with E-state index in [9.17, 15) is 4.89 Å². The summed E-state index contributed by atoms with van der Waals surface area (Å²) in [6.45, 7) is 57.8. The molecule has 0 spiro atoms. The highest BCUT2D eigenvalue weighted by Crippen LogP contribution is 2.61. The Morgan fingerprint density at radius 1 is 0.360 bits per heavy atom. The Morgan fingerprint density at radius 3 is 0.853 bits per heavy atom. The van der Waals surface area contributed by atoms with Gasteiger partial charge in [0.2, 0.25) is 7.37 Å². The summed E-state index contributed by atoms with van der Waals surface area (Å²) in [5, 5.41) is 7.98. The smallest absolute Gasteiger partial charge is 0.209 e. The third kappa shape index (κ3) is 10.1. The fraction of sp³-hybridized carbons (Fsp3) is 0.543. The van der Waals surface area contributed by atoms with Crippen molar-refractivity contribution in [2.24, 2.45) is 0 Å². The minimum Gasteiger partial charge on any atom is -0.344 e. The molecule has 0 radical (unpaired) electrons. The highest BCUT2D eigenvalue weighted by molar-refractivity contribution is 7.56. The predicted octanol–water partition coefficient (Wildman–Crippen LogP) is 21.8. The van der Waals surface area contributed by atoms with Gasteiger partial charge in [-0.3, -0.25) is 4.57 Å². The van der Waals surface area contributed by atoms with Gasteiger partial charge in [-0.25, -0.2) is 0 Å². The SMILES string of the molecule is CC(C)c1cc(C(C)C)c(-c2cc3cc([Si](C(C)C)(C(C)C)C(C)C)ccc3c3c2CP(=O)(O)Cc2c(-c4c(C(C)C)cc(C(C)C)cc4C(C)C)cc4cc([Si](C(C)C)(C(C)C)C(C)C)ccc4c2-3)c(C(C)C)c1. The summed E-state index contributed by atoms with van der Waals surface area (Å²) >= 11 is 0. The van der Waals surface area contributed by atoms with Gasteiger partial charge in [-0.15, -0.1) is 0 Å². The van der Waals surface area contributed by atoms with Crippen LogP contribution in [0.15, 0.2) is 72.8 Å². The molecule has 0 saturated carbocycles. The average Bonchev–Trinajstić information content (AvgIpc) is 3.42. The van der Waals surface area contributed by atoms with Crippen LogP contribution in [0.4, 0.5) is 0 Å². The van der Waals surface area contributed by atoms with Gasteiger partial charge in [-0.1, -0.05) is 237 Å². The molecular formula is C70H101O2PSi2. The van der Waals surface area contributed by atoms with Crippen LogP contribution in [0.2, 0.25) is 33.2 Å². The van der Waals surface area contributed by atoms with Gasteiger partial charge in [-0.05, 0) is 180 Å². The minimum atomic E-state index is -3.89. The topological polar surface area (TPSA) is 37.3 Å². The van der Waals surface area contributed by atoms with Crippen LogP contribution in [0.3, 0.4) is 0 Å². The van der Waals surface area contributed by atoms with E-state index in [4.69, 9.17) is 0 Å². The van der Waals surface area contributed by atoms with Crippen LogP contribution in [0, 0.1) is 0 Å². The molecule has 0 aromatic heterocycles. The third-order valence-electron chi connectivity index (χ3n) is 19.1. The van der Waals surface area contributed by atoms with Crippen LogP contribution in [-0.2, 0) is 16.9 Å². The Bertz CT molecular complexity index is 2830. The van der Waals surface area contributed by atoms with Crippen LogP contribution in [-0.4, -0.2) is 21.0 Å². The quantitative estimate of drug-likeness (QED) is 0.0775. The first-order valence-corrected chi connectivity index (χ1v) is 36.2. The van der Waals surface area contributed by atoms with Gasteiger partial charge in [-0.2, -0.15) is 0 Å². The van der Waals surface area contributed by atoms with Gasteiger partial charge in [0.1, 0.15) is 0 Å². The second-order valence-corrected chi connectivity index (χ2v) is 41.6. The summed E-state index contributed by atoms with van der Waals surface area (Å²) in [6.07, 6.45) is 0.244. The lowest BCUT2D eigenvalue weighted by molar-refractivity contribution is 0.476. The minimum absolute atomic E-state index is 0.122. The molecule has 6 aromatic carbocycles. The Hall–Kier alpha value is -3.54. The van der Waals surface area contributed by atoms with Gasteiger partial charge >= 0.3 is 0 Å². The highest BCUT2D eigenvalue weighted by Gasteiger charge is 2.46. The van der Waals surface area contributed by atoms with Gasteiger partial charge in [0, 0.05) is 0 Å². The van der Waals surface area contributed by atoms with Crippen LogP contribution in [0.1, 0.15) is 246 Å². The summed E-state index contributed by atoms with van der Waals surface area (Å²) in [6, 6.07) is 30.2. The lowest BCUT2D eigenvalue weighted by atomic mass is 9.76. The summed E-state index contributed by atoms with van der Waals surface area (Å²) in [5.41, 5.74) is 20.6. The van der Waals surface area contributed by atoms with Crippen molar-refractivity contribution in [2.45, 2.75) is 247 Å². The molecule has 5 heteroatoms. The Labute approximate surface area is 460 Å². The zero-order valence-electron chi connectivity index (χ0n) is 51.6. The molecule has 1 aliphatic rings. The monoisotopic (exact) mass is 1060 g/mol. The zero-order valence-corrected chi connectivity index (χ0v) is 54.5. The maximum atomic E-state index is 16.0. The van der Waals surface area contributed by atoms with E-state index in [0.29, 0.717) is 45.1 Å². The van der Waals surface area contributed by atoms with E-state index in [-0.39, 0.29) is 36.0 Å². The standard InChI is InChI=1S/C70H101O2PSi2/c1-39(2)51-31-59(41(5)6)67(60(32-51)42(7)8)63-35-53-29-55(74(45(13)14,46(15)16)47(17)18)25-27-57(53)69-65(63)37-73(71,72)38-66-64(68-61(43(9)10)33-52(40(3)4)34-62(68)44(11)12)36-54-30-56(26-28-58(54)70(66)69)75(48(19)20,49(21)22)50(23)24/h25-36,39-50H,37-38H2,1-24H3,(H,71,72). The molecule has 1 aliphatic heterocycles. The number of hydrogen-bond acceptors (Lipinski definition) is 1. The Kier molecular flexibility index (Phi) is 17.3. The molecule has 2 nitrogen and oxygen atoms in total. The molecule has 0 bridgehead atoms. The maximum Gasteiger partial charge on any atom is 0.209 e. The summed E-state index contributed by atoms with van der Waals surface area (Å²) in [4.78, 5) is 13.1. The highest BCUT2D eigenvalue weighted by atomic mass is 31.2. The van der Waals surface area contributed by atoms with Gasteiger partial charge < -0.3 is 4.89 Å². The summed E-state index contributed by atoms with van der Waals surface area (Å²) < 4.78 is 16.0. The summed E-state index contributed by atoms with van der Waals surface area (Å²) in [5.74, 6) is 1.71. The number of hydrogen-bond donors (Lipinski definition) is 1. The summed E-state index contributed by atoms with van der Waals surface area (Å²) in [7, 11) is -8.11. The lowest BCUT2D eigenvalue weighted by Gasteiger charge is -2.44. The normalized spacial score (nSPS) is 14.6. The first-order chi connectivity index (χ1) is 34.9. The molecular weight excluding hydrogens is 960 g/mol. The van der Waals surface area contributed by atoms with Crippen LogP contribution >= 0.6 is 7.37 Å². The van der Waals surface area contributed by atoms with E-state index in [1.54, 1.807) is 0 Å². The van der Waals surface area contributed by atoms with E-state index < -0.39 is 23.5 Å². The molecule has 6 aromatic rings. The number of fused-ring (bicyclic) bond motifs is 7. The lowest BCUT2D eigenvalue weighted by Crippen LogP contribution is -2.55. The van der Waals surface area contributed by atoms with Crippen molar-refractivity contribution in [1.29, 1.82) is 0 Å². The predicted molar refractivity (Wildman–Crippen MR) is 341 cm³/mol. The van der Waals surface area contributed by atoms with Crippen LogP contribution in [0.5, 0.6) is 0 Å². The molecule has 1 heterocycles. The fourth-order valence-corrected chi connectivity index (χ4v) is 31.2. The molecule has 0 saturated heterocycles. The Balaban J connectivity index is 1.86. The van der Waals surface area contributed by atoms with Crippen LogP contribution < -0.4 is 10.4 Å². The zero-order chi connectivity index (χ0) is 55.9. The van der Waals surface area contributed by atoms with Crippen molar-refractivity contribution in [1.82, 2.24) is 0 Å². The fourth-order valence-electron chi connectivity index (χ4n) is 15.9. The molecule has 406 valence electrons. The molecule has 0 amide bonds. The van der Waals surface area contributed by atoms with Crippen LogP contribution in [0.25, 0.3) is 54.9 Å². The first-order valence-electron chi connectivity index (χ1n) is 29.7. The molecule has 1 N–H and O–H groups in total. The van der Waals surface area contributed by atoms with Crippen molar-refractivity contribution in [3.05, 3.63) is 117 Å². The molecule has 0 atom stereocenters. The molecule has 0 unspecified atom stereocenters. The Morgan fingerprint density at radius 2 is 0.627 bits per heavy atom. The van der Waals surface area contributed by atoms with E-state index in [1.807, 2.05) is 0 Å². The molecule has 7 rings (SSSR count). The van der Waals surface area contributed by atoms with Gasteiger partial charge in [0.25, 0.3) is 0 Å². The largest absolute Gasteiger partial charge is 0.344 e. The van der Waals surface area contributed by atoms with Gasteiger partial charge in [0.15, 0.2) is 0 Å². The third-order valence-corrected chi connectivity index (χ3v) is 34.8. The van der Waals surface area contributed by atoms with Gasteiger partial charge in [0.05, 0.1) is 28.5 Å². The van der Waals surface area contributed by atoms with Crippen molar-refractivity contribution in [2.75, 3.05) is 0 Å². The van der Waals surface area contributed by atoms with Crippen molar-refractivity contribution >= 4 is 55.4 Å². The molecule has 0 aliphatic carbocycles. The molecule has 0 fully saturated rings. The second kappa shape index (κ2) is 21.9. The van der Waals surface area contributed by atoms with E-state index in [1.165, 1.54) is 87.6 Å².